The first-order valence-electron chi connectivity index (χ1n) is 6.78. The van der Waals surface area contributed by atoms with E-state index in [0.717, 1.165) is 27.5 Å². The van der Waals surface area contributed by atoms with E-state index in [4.69, 9.17) is 22.9 Å². The van der Waals surface area contributed by atoms with E-state index in [1.165, 1.54) is 0 Å². The fourth-order valence-corrected chi connectivity index (χ4v) is 2.67. The quantitative estimate of drug-likeness (QED) is 0.541. The van der Waals surface area contributed by atoms with Crippen LogP contribution in [0, 0.1) is 0 Å². The van der Waals surface area contributed by atoms with Crippen molar-refractivity contribution in [2.45, 2.75) is 6.54 Å². The molecule has 0 bridgehead atoms. The summed E-state index contributed by atoms with van der Waals surface area (Å²) >= 11 is 0. The van der Waals surface area contributed by atoms with E-state index in [1.807, 2.05) is 48.5 Å². The second kappa shape index (κ2) is 5.00. The fraction of sp³-hybridized carbons (Fsp3) is 0.0588. The van der Waals surface area contributed by atoms with E-state index in [2.05, 4.69) is 0 Å². The molecule has 0 saturated carbocycles. The Balaban J connectivity index is 2.34. The molecule has 8 N–H and O–H groups in total. The van der Waals surface area contributed by atoms with Gasteiger partial charge in [0.05, 0.1) is 0 Å². The zero-order chi connectivity index (χ0) is 15.0. The van der Waals surface area contributed by atoms with E-state index in [1.54, 1.807) is 0 Å². The van der Waals surface area contributed by atoms with Gasteiger partial charge in [-0.1, -0.05) is 42.5 Å². The van der Waals surface area contributed by atoms with Crippen molar-refractivity contribution in [2.24, 2.45) is 5.73 Å². The van der Waals surface area contributed by atoms with Crippen LogP contribution >= 0.6 is 0 Å². The molecule has 3 rings (SSSR count). The third kappa shape index (κ3) is 2.06. The minimum Gasteiger partial charge on any atom is -0.398 e. The van der Waals surface area contributed by atoms with Crippen molar-refractivity contribution in [3.8, 4) is 11.1 Å². The second-order valence-electron chi connectivity index (χ2n) is 5.06. The standard InChI is InChI=1S/C17H18N4/c18-9-10-4-3-7-13(16(10)20)14-8-15(19)11-5-1-2-6-12(11)17(14)21/h1-8H,9,18-21H2. The van der Waals surface area contributed by atoms with E-state index in [0.29, 0.717) is 23.6 Å². The molecule has 0 radical (unpaired) electrons. The number of anilines is 3. The molecule has 0 aliphatic carbocycles. The number of hydrogen-bond acceptors (Lipinski definition) is 4. The van der Waals surface area contributed by atoms with Gasteiger partial charge in [-0.2, -0.15) is 0 Å². The molecule has 0 amide bonds. The molecular weight excluding hydrogens is 260 g/mol. The lowest BCUT2D eigenvalue weighted by molar-refractivity contribution is 1.08. The van der Waals surface area contributed by atoms with Gasteiger partial charge in [-0.3, -0.25) is 0 Å². The van der Waals surface area contributed by atoms with Gasteiger partial charge in [0.1, 0.15) is 0 Å². The van der Waals surface area contributed by atoms with Gasteiger partial charge in [-0.05, 0) is 11.6 Å². The van der Waals surface area contributed by atoms with Crippen LogP contribution in [0.3, 0.4) is 0 Å². The third-order valence-corrected chi connectivity index (χ3v) is 3.82. The van der Waals surface area contributed by atoms with Crippen LogP contribution in [-0.2, 0) is 6.54 Å². The summed E-state index contributed by atoms with van der Waals surface area (Å²) in [5.41, 5.74) is 29.1. The molecule has 0 heterocycles. The highest BCUT2D eigenvalue weighted by Crippen LogP contribution is 2.39. The highest BCUT2D eigenvalue weighted by atomic mass is 14.6. The molecule has 3 aromatic rings. The number of fused-ring (bicyclic) bond motifs is 1. The van der Waals surface area contributed by atoms with Crippen LogP contribution in [-0.4, -0.2) is 0 Å². The molecular formula is C17H18N4. The van der Waals surface area contributed by atoms with Crippen LogP contribution in [0.2, 0.25) is 0 Å². The molecule has 0 aromatic heterocycles. The molecule has 0 unspecified atom stereocenters. The summed E-state index contributed by atoms with van der Waals surface area (Å²) in [5.74, 6) is 0. The van der Waals surface area contributed by atoms with Crippen molar-refractivity contribution in [3.05, 3.63) is 54.1 Å². The van der Waals surface area contributed by atoms with Crippen LogP contribution < -0.4 is 22.9 Å². The molecule has 21 heavy (non-hydrogen) atoms. The third-order valence-electron chi connectivity index (χ3n) is 3.82. The Hall–Kier alpha value is -2.72. The van der Waals surface area contributed by atoms with Crippen molar-refractivity contribution in [1.82, 2.24) is 0 Å². The van der Waals surface area contributed by atoms with Gasteiger partial charge in [0, 0.05) is 45.5 Å². The number of benzene rings is 3. The Bertz CT molecular complexity index is 824. The molecule has 4 heteroatoms. The Morgan fingerprint density at radius 2 is 1.43 bits per heavy atom. The van der Waals surface area contributed by atoms with Crippen LogP contribution in [0.4, 0.5) is 17.1 Å². The van der Waals surface area contributed by atoms with E-state index in [-0.39, 0.29) is 0 Å². The van der Waals surface area contributed by atoms with Crippen molar-refractivity contribution < 1.29 is 0 Å². The van der Waals surface area contributed by atoms with E-state index in [9.17, 15) is 0 Å². The normalized spacial score (nSPS) is 10.9. The molecule has 106 valence electrons. The maximum atomic E-state index is 6.34. The smallest absolute Gasteiger partial charge is 0.0475 e. The molecule has 0 saturated heterocycles. The van der Waals surface area contributed by atoms with E-state index >= 15 is 0 Å². The van der Waals surface area contributed by atoms with Gasteiger partial charge in [0.2, 0.25) is 0 Å². The lowest BCUT2D eigenvalue weighted by atomic mass is 9.94. The SMILES string of the molecule is NCc1cccc(-c2cc(N)c3ccccc3c2N)c1N. The maximum Gasteiger partial charge on any atom is 0.0475 e. The van der Waals surface area contributed by atoms with Crippen LogP contribution in [0.25, 0.3) is 21.9 Å². The minimum absolute atomic E-state index is 0.392. The predicted molar refractivity (Wildman–Crippen MR) is 90.5 cm³/mol. The number of nitrogen functional groups attached to an aromatic ring is 3. The molecule has 0 aliphatic heterocycles. The van der Waals surface area contributed by atoms with Crippen molar-refractivity contribution in [2.75, 3.05) is 17.2 Å². The summed E-state index contributed by atoms with van der Waals surface area (Å²) < 4.78 is 0. The summed E-state index contributed by atoms with van der Waals surface area (Å²) in [4.78, 5) is 0. The molecule has 0 atom stereocenters. The maximum absolute atomic E-state index is 6.34. The Kier molecular flexibility index (Phi) is 3.16. The number of para-hydroxylation sites is 1. The summed E-state index contributed by atoms with van der Waals surface area (Å²) in [7, 11) is 0. The van der Waals surface area contributed by atoms with Gasteiger partial charge < -0.3 is 22.9 Å². The van der Waals surface area contributed by atoms with Crippen molar-refractivity contribution >= 4 is 27.8 Å². The highest BCUT2D eigenvalue weighted by molar-refractivity contribution is 6.07. The number of nitrogens with two attached hydrogens (primary N) is 4. The summed E-state index contributed by atoms with van der Waals surface area (Å²) in [6.07, 6.45) is 0. The topological polar surface area (TPSA) is 104 Å². The highest BCUT2D eigenvalue weighted by Gasteiger charge is 2.13. The summed E-state index contributed by atoms with van der Waals surface area (Å²) in [6, 6.07) is 15.5. The van der Waals surface area contributed by atoms with Crippen LogP contribution in [0.5, 0.6) is 0 Å². The first kappa shape index (κ1) is 13.3. The summed E-state index contributed by atoms with van der Waals surface area (Å²) in [5, 5.41) is 1.89. The van der Waals surface area contributed by atoms with Crippen LogP contribution in [0.15, 0.2) is 48.5 Å². The van der Waals surface area contributed by atoms with Gasteiger partial charge in [0.25, 0.3) is 0 Å². The molecule has 0 aliphatic rings. The fourth-order valence-electron chi connectivity index (χ4n) is 2.67. The van der Waals surface area contributed by atoms with Gasteiger partial charge in [-0.25, -0.2) is 0 Å². The largest absolute Gasteiger partial charge is 0.398 e. The Morgan fingerprint density at radius 3 is 2.14 bits per heavy atom. The first-order chi connectivity index (χ1) is 10.1. The number of rotatable bonds is 2. The number of hydrogen-bond donors (Lipinski definition) is 4. The average molecular weight is 278 g/mol. The van der Waals surface area contributed by atoms with Crippen LogP contribution in [0.1, 0.15) is 5.56 Å². The van der Waals surface area contributed by atoms with Crippen molar-refractivity contribution in [3.63, 3.8) is 0 Å². The Labute approximate surface area is 123 Å². The molecule has 4 nitrogen and oxygen atoms in total. The van der Waals surface area contributed by atoms with E-state index < -0.39 is 0 Å². The second-order valence-corrected chi connectivity index (χ2v) is 5.06. The predicted octanol–water partition coefficient (Wildman–Crippen LogP) is 2.71. The van der Waals surface area contributed by atoms with Gasteiger partial charge >= 0.3 is 0 Å². The Morgan fingerprint density at radius 1 is 0.714 bits per heavy atom. The van der Waals surface area contributed by atoms with Gasteiger partial charge in [0.15, 0.2) is 0 Å². The first-order valence-corrected chi connectivity index (χ1v) is 6.78. The molecule has 0 spiro atoms. The molecule has 3 aromatic carbocycles. The lowest BCUT2D eigenvalue weighted by Gasteiger charge is -2.15. The van der Waals surface area contributed by atoms with Gasteiger partial charge in [-0.15, -0.1) is 0 Å². The average Bonchev–Trinajstić information content (AvgIpc) is 2.51. The monoisotopic (exact) mass is 278 g/mol. The molecule has 0 fully saturated rings. The lowest BCUT2D eigenvalue weighted by Crippen LogP contribution is -2.04. The summed E-state index contributed by atoms with van der Waals surface area (Å²) in [6.45, 7) is 0.392. The minimum atomic E-state index is 0.392. The zero-order valence-electron chi connectivity index (χ0n) is 11.6. The van der Waals surface area contributed by atoms with Crippen molar-refractivity contribution in [1.29, 1.82) is 0 Å². The zero-order valence-corrected chi connectivity index (χ0v) is 11.6.